The summed E-state index contributed by atoms with van der Waals surface area (Å²) in [4.78, 5) is 7.45. The monoisotopic (exact) mass is 700 g/mol. The summed E-state index contributed by atoms with van der Waals surface area (Å²) in [6.45, 7) is 43.2. The van der Waals surface area contributed by atoms with Crippen molar-refractivity contribution in [3.63, 3.8) is 0 Å². The van der Waals surface area contributed by atoms with Gasteiger partial charge in [0.1, 0.15) is 17.2 Å². The van der Waals surface area contributed by atoms with Gasteiger partial charge in [0, 0.05) is 36.3 Å². The number of phenols is 3. The topological polar surface area (TPSA) is 70.4 Å². The van der Waals surface area contributed by atoms with E-state index in [1.165, 1.54) is 50.1 Å². The number of hydrogen-bond acceptors (Lipinski definition) is 6. The highest BCUT2D eigenvalue weighted by Crippen LogP contribution is 2.43. The molecule has 51 heavy (non-hydrogen) atoms. The fourth-order valence-electron chi connectivity index (χ4n) is 9.03. The second kappa shape index (κ2) is 14.1. The minimum atomic E-state index is -0.162. The summed E-state index contributed by atoms with van der Waals surface area (Å²) in [5.41, 5.74) is 16.3. The average Bonchev–Trinajstić information content (AvgIpc) is 2.99. The van der Waals surface area contributed by atoms with Crippen molar-refractivity contribution in [3.05, 3.63) is 83.5 Å². The van der Waals surface area contributed by atoms with Crippen LogP contribution >= 0.6 is 0 Å². The third-order valence-corrected chi connectivity index (χ3v) is 11.9. The van der Waals surface area contributed by atoms with E-state index in [2.05, 4.69) is 139 Å². The molecule has 4 rings (SSSR count). The Balaban J connectivity index is 1.81. The Morgan fingerprint density at radius 3 is 0.725 bits per heavy atom. The van der Waals surface area contributed by atoms with Crippen LogP contribution in [0.2, 0.25) is 0 Å². The van der Waals surface area contributed by atoms with Crippen LogP contribution in [0, 0.1) is 62.3 Å². The van der Waals surface area contributed by atoms with E-state index in [1.54, 1.807) is 0 Å². The molecule has 3 N–H and O–H groups in total. The highest BCUT2D eigenvalue weighted by Gasteiger charge is 2.32. The molecular formula is C45H69N3O3. The van der Waals surface area contributed by atoms with E-state index in [1.807, 2.05) is 0 Å². The van der Waals surface area contributed by atoms with Crippen molar-refractivity contribution in [2.45, 2.75) is 161 Å². The SMILES string of the molecule is Cc1c(C)c(C(C)(C)C)c(O)c(C)c1CN1CN(Cc2c(C)c(C)c(C(C)(C)C)c(O)c2C)CN(Cc2c(C)c(C)c(C(C)(C)C)c(O)c2C)C1. The van der Waals surface area contributed by atoms with E-state index in [0.717, 1.165) is 53.4 Å². The maximum Gasteiger partial charge on any atom is 0.122 e. The van der Waals surface area contributed by atoms with Gasteiger partial charge in [0.2, 0.25) is 0 Å². The smallest absolute Gasteiger partial charge is 0.122 e. The first-order valence-corrected chi connectivity index (χ1v) is 18.8. The van der Waals surface area contributed by atoms with Crippen molar-refractivity contribution in [1.29, 1.82) is 0 Å². The van der Waals surface area contributed by atoms with Crippen molar-refractivity contribution < 1.29 is 15.3 Å². The first kappa shape index (κ1) is 40.7. The average molecular weight is 700 g/mol. The van der Waals surface area contributed by atoms with Crippen LogP contribution in [0.5, 0.6) is 17.2 Å². The van der Waals surface area contributed by atoms with Crippen molar-refractivity contribution in [1.82, 2.24) is 14.7 Å². The van der Waals surface area contributed by atoms with Gasteiger partial charge in [0.25, 0.3) is 0 Å². The molecular weight excluding hydrogens is 631 g/mol. The van der Waals surface area contributed by atoms with Gasteiger partial charge in [0.05, 0.1) is 20.0 Å². The number of hydrogen-bond donors (Lipinski definition) is 3. The number of phenolic OH excluding ortho intramolecular Hbond substituents is 3. The third-order valence-electron chi connectivity index (χ3n) is 11.9. The Labute approximate surface area is 310 Å². The molecule has 3 aromatic carbocycles. The summed E-state index contributed by atoms with van der Waals surface area (Å²) >= 11 is 0. The largest absolute Gasteiger partial charge is 0.507 e. The molecule has 1 saturated heterocycles. The molecule has 0 spiro atoms. The lowest BCUT2D eigenvalue weighted by Gasteiger charge is -2.44. The summed E-state index contributed by atoms with van der Waals surface area (Å²) in [5, 5.41) is 34.6. The van der Waals surface area contributed by atoms with Crippen LogP contribution < -0.4 is 0 Å². The summed E-state index contributed by atoms with van der Waals surface area (Å²) < 4.78 is 0. The lowest BCUT2D eigenvalue weighted by Crippen LogP contribution is -2.54. The molecule has 1 aliphatic heterocycles. The predicted molar refractivity (Wildman–Crippen MR) is 214 cm³/mol. The van der Waals surface area contributed by atoms with Crippen molar-refractivity contribution >= 4 is 0 Å². The number of rotatable bonds is 6. The molecule has 6 nitrogen and oxygen atoms in total. The quantitative estimate of drug-likeness (QED) is 0.238. The van der Waals surface area contributed by atoms with Gasteiger partial charge < -0.3 is 15.3 Å². The standard InChI is InChI=1S/C45H69N3O3/c1-25-28(4)37(43(10,11)12)40(49)31(7)34(25)19-46-22-47(20-35-26(2)29(5)38(44(13,14)15)41(50)32(35)8)24-48(23-46)21-36-27(3)30(6)39(45(16,17)18)42(51)33(36)9/h49-51H,19-24H2,1-18H3. The van der Waals surface area contributed by atoms with Crippen LogP contribution in [-0.2, 0) is 35.9 Å². The molecule has 1 heterocycles. The Bertz CT molecular complexity index is 1530. The van der Waals surface area contributed by atoms with Crippen molar-refractivity contribution in [2.75, 3.05) is 20.0 Å². The van der Waals surface area contributed by atoms with E-state index in [-0.39, 0.29) is 16.2 Å². The van der Waals surface area contributed by atoms with Gasteiger partial charge in [0.15, 0.2) is 0 Å². The van der Waals surface area contributed by atoms with Gasteiger partial charge >= 0.3 is 0 Å². The first-order chi connectivity index (χ1) is 23.2. The zero-order valence-electron chi connectivity index (χ0n) is 35.4. The van der Waals surface area contributed by atoms with Crippen LogP contribution in [0.1, 0.15) is 146 Å². The lowest BCUT2D eigenvalue weighted by atomic mass is 9.79. The molecule has 6 heteroatoms. The van der Waals surface area contributed by atoms with Gasteiger partial charge in [-0.25, -0.2) is 0 Å². The zero-order valence-corrected chi connectivity index (χ0v) is 35.4. The maximum atomic E-state index is 11.5. The van der Waals surface area contributed by atoms with E-state index < -0.39 is 0 Å². The minimum absolute atomic E-state index is 0.162. The van der Waals surface area contributed by atoms with Crippen LogP contribution in [0.4, 0.5) is 0 Å². The van der Waals surface area contributed by atoms with Gasteiger partial charge in [-0.15, -0.1) is 0 Å². The zero-order chi connectivity index (χ0) is 38.9. The second-order valence-corrected chi connectivity index (χ2v) is 18.9. The molecule has 0 bridgehead atoms. The minimum Gasteiger partial charge on any atom is -0.507 e. The van der Waals surface area contributed by atoms with Gasteiger partial charge in [-0.1, -0.05) is 62.3 Å². The molecule has 3 aromatic rings. The second-order valence-electron chi connectivity index (χ2n) is 18.9. The summed E-state index contributed by atoms with van der Waals surface area (Å²) in [6.07, 6.45) is 0. The van der Waals surface area contributed by atoms with Gasteiger partial charge in [-0.05, 0) is 145 Å². The van der Waals surface area contributed by atoms with Crippen LogP contribution in [0.15, 0.2) is 0 Å². The van der Waals surface area contributed by atoms with Crippen molar-refractivity contribution in [2.24, 2.45) is 0 Å². The normalized spacial score (nSPS) is 15.6. The fourth-order valence-corrected chi connectivity index (χ4v) is 9.03. The van der Waals surface area contributed by atoms with Gasteiger partial charge in [-0.2, -0.15) is 0 Å². The van der Waals surface area contributed by atoms with E-state index >= 15 is 0 Å². The molecule has 0 radical (unpaired) electrons. The van der Waals surface area contributed by atoms with Crippen molar-refractivity contribution in [3.8, 4) is 17.2 Å². The van der Waals surface area contributed by atoms with E-state index in [9.17, 15) is 15.3 Å². The number of benzene rings is 3. The van der Waals surface area contributed by atoms with Crippen LogP contribution in [-0.4, -0.2) is 50.0 Å². The predicted octanol–water partition coefficient (Wildman–Crippen LogP) is 10.2. The van der Waals surface area contributed by atoms with Crippen LogP contribution in [0.25, 0.3) is 0 Å². The first-order valence-electron chi connectivity index (χ1n) is 18.8. The molecule has 0 aliphatic carbocycles. The Kier molecular flexibility index (Phi) is 11.2. The number of nitrogens with zero attached hydrogens (tertiary/aromatic N) is 3. The molecule has 0 atom stereocenters. The summed E-state index contributed by atoms with van der Waals surface area (Å²) in [7, 11) is 0. The summed E-state index contributed by atoms with van der Waals surface area (Å²) in [5.74, 6) is 1.25. The summed E-state index contributed by atoms with van der Waals surface area (Å²) in [6, 6.07) is 0. The Hall–Kier alpha value is -3.06. The van der Waals surface area contributed by atoms with Crippen LogP contribution in [0.3, 0.4) is 0 Å². The third kappa shape index (κ3) is 7.70. The molecule has 1 aliphatic rings. The highest BCUT2D eigenvalue weighted by molar-refractivity contribution is 5.58. The molecule has 1 fully saturated rings. The Morgan fingerprint density at radius 1 is 0.353 bits per heavy atom. The van der Waals surface area contributed by atoms with E-state index in [0.29, 0.717) is 36.9 Å². The molecule has 0 saturated carbocycles. The maximum absolute atomic E-state index is 11.5. The highest BCUT2D eigenvalue weighted by atomic mass is 16.3. The molecule has 282 valence electrons. The van der Waals surface area contributed by atoms with E-state index in [4.69, 9.17) is 0 Å². The fraction of sp³-hybridized carbons (Fsp3) is 0.600. The molecule has 0 aromatic heterocycles. The lowest BCUT2D eigenvalue weighted by molar-refractivity contribution is -0.0427. The number of aromatic hydroxyl groups is 3. The molecule has 0 amide bonds. The van der Waals surface area contributed by atoms with Gasteiger partial charge in [-0.3, -0.25) is 14.7 Å². The molecule has 0 unspecified atom stereocenters. The Morgan fingerprint density at radius 2 is 0.549 bits per heavy atom.